The van der Waals surface area contributed by atoms with Gasteiger partial charge in [-0.3, -0.25) is 9.59 Å². The van der Waals surface area contributed by atoms with Crippen molar-refractivity contribution in [2.75, 3.05) is 44.2 Å². The molecule has 1 atom stereocenters. The highest BCUT2D eigenvalue weighted by molar-refractivity contribution is 6.13. The molecule has 2 aromatic heterocycles. The molecule has 0 saturated carbocycles. The maximum Gasteiger partial charge on any atom is 0.256 e. The van der Waals surface area contributed by atoms with Crippen molar-refractivity contribution in [3.8, 4) is 11.3 Å². The van der Waals surface area contributed by atoms with Crippen LogP contribution in [-0.4, -0.2) is 81.6 Å². The molecule has 8 heteroatoms. The van der Waals surface area contributed by atoms with Crippen molar-refractivity contribution in [1.29, 1.82) is 0 Å². The third kappa shape index (κ3) is 4.84. The number of benzene rings is 2. The summed E-state index contributed by atoms with van der Waals surface area (Å²) in [6.45, 7) is 5.59. The van der Waals surface area contributed by atoms with Gasteiger partial charge < -0.3 is 24.4 Å². The van der Waals surface area contributed by atoms with E-state index in [2.05, 4.69) is 51.7 Å². The lowest BCUT2D eigenvalue weighted by atomic mass is 10.0. The van der Waals surface area contributed by atoms with E-state index in [0.29, 0.717) is 44.8 Å². The minimum Gasteiger partial charge on any atom is -0.391 e. The standard InChI is InChI=1S/C32H35N5O3/c1-22-10-12-27-26(19-22)29(30(34(27)2)23-7-4-3-5-8-23)32(40)36-17-15-35(16-18-36)28-13-11-24(20-33-28)31(39)37-14-6-9-25(38)21-37/h3-5,7-8,10-13,19-20,25,38H,6,9,14-18,21H2,1-2H3. The highest BCUT2D eigenvalue weighted by Crippen LogP contribution is 2.35. The van der Waals surface area contributed by atoms with Crippen LogP contribution in [0.3, 0.4) is 0 Å². The Balaban J connectivity index is 1.19. The Kier molecular flexibility index (Phi) is 7.02. The van der Waals surface area contributed by atoms with E-state index in [1.165, 1.54) is 0 Å². The zero-order chi connectivity index (χ0) is 27.8. The van der Waals surface area contributed by atoms with Gasteiger partial charge in [0.25, 0.3) is 11.8 Å². The molecule has 4 heterocycles. The van der Waals surface area contributed by atoms with Gasteiger partial charge in [-0.05, 0) is 49.6 Å². The van der Waals surface area contributed by atoms with E-state index >= 15 is 0 Å². The molecular formula is C32H35N5O3. The summed E-state index contributed by atoms with van der Waals surface area (Å²) in [4.78, 5) is 37.3. The van der Waals surface area contributed by atoms with E-state index in [-0.39, 0.29) is 11.8 Å². The maximum absolute atomic E-state index is 14.1. The highest BCUT2D eigenvalue weighted by atomic mass is 16.3. The molecule has 1 unspecified atom stereocenters. The number of aliphatic hydroxyl groups is 1. The fraction of sp³-hybridized carbons (Fsp3) is 0.344. The van der Waals surface area contributed by atoms with Crippen molar-refractivity contribution in [1.82, 2.24) is 19.4 Å². The van der Waals surface area contributed by atoms with E-state index in [9.17, 15) is 14.7 Å². The molecule has 0 aliphatic carbocycles. The molecule has 1 N–H and O–H groups in total. The number of hydrogen-bond donors (Lipinski definition) is 1. The molecule has 40 heavy (non-hydrogen) atoms. The first kappa shape index (κ1) is 26.1. The Labute approximate surface area is 234 Å². The van der Waals surface area contributed by atoms with Crippen LogP contribution in [0.25, 0.3) is 22.2 Å². The number of pyridine rings is 1. The summed E-state index contributed by atoms with van der Waals surface area (Å²) in [5.41, 5.74) is 5.43. The van der Waals surface area contributed by atoms with Crippen molar-refractivity contribution >= 4 is 28.5 Å². The first-order valence-corrected chi connectivity index (χ1v) is 14.0. The number of aryl methyl sites for hydroxylation is 2. The van der Waals surface area contributed by atoms with Crippen LogP contribution in [0.2, 0.25) is 0 Å². The Morgan fingerprint density at radius 3 is 2.38 bits per heavy atom. The normalized spacial score (nSPS) is 17.9. The van der Waals surface area contributed by atoms with Crippen LogP contribution in [0.5, 0.6) is 0 Å². The molecule has 6 rings (SSSR count). The van der Waals surface area contributed by atoms with Crippen LogP contribution in [0.15, 0.2) is 66.9 Å². The molecule has 2 aromatic carbocycles. The number of amides is 2. The number of carbonyl (C=O) groups excluding carboxylic acids is 2. The van der Waals surface area contributed by atoms with Gasteiger partial charge in [-0.1, -0.05) is 42.0 Å². The summed E-state index contributed by atoms with van der Waals surface area (Å²) < 4.78 is 2.13. The summed E-state index contributed by atoms with van der Waals surface area (Å²) in [5.74, 6) is 0.758. The lowest BCUT2D eigenvalue weighted by Crippen LogP contribution is -2.49. The second-order valence-electron chi connectivity index (χ2n) is 10.9. The van der Waals surface area contributed by atoms with E-state index in [1.54, 1.807) is 11.1 Å². The summed E-state index contributed by atoms with van der Waals surface area (Å²) in [6.07, 6.45) is 2.72. The topological polar surface area (TPSA) is 81.9 Å². The van der Waals surface area contributed by atoms with Gasteiger partial charge >= 0.3 is 0 Å². The minimum atomic E-state index is -0.453. The average molecular weight is 538 g/mol. The second kappa shape index (κ2) is 10.8. The predicted octanol–water partition coefficient (Wildman–Crippen LogP) is 4.11. The van der Waals surface area contributed by atoms with Gasteiger partial charge in [0.2, 0.25) is 0 Å². The van der Waals surface area contributed by atoms with Crippen molar-refractivity contribution in [3.05, 3.63) is 83.6 Å². The van der Waals surface area contributed by atoms with E-state index in [4.69, 9.17) is 0 Å². The Morgan fingerprint density at radius 1 is 0.900 bits per heavy atom. The number of anilines is 1. The fourth-order valence-electron chi connectivity index (χ4n) is 6.03. The maximum atomic E-state index is 14.1. The molecule has 2 fully saturated rings. The molecule has 0 spiro atoms. The number of piperazine rings is 1. The van der Waals surface area contributed by atoms with Crippen LogP contribution in [0.1, 0.15) is 39.1 Å². The van der Waals surface area contributed by atoms with E-state index in [1.807, 2.05) is 42.3 Å². The third-order valence-electron chi connectivity index (χ3n) is 8.19. The fourth-order valence-corrected chi connectivity index (χ4v) is 6.03. The summed E-state index contributed by atoms with van der Waals surface area (Å²) in [7, 11) is 2.03. The zero-order valence-electron chi connectivity index (χ0n) is 23.1. The number of fused-ring (bicyclic) bond motifs is 1. The SMILES string of the molecule is Cc1ccc2c(c1)c(C(=O)N1CCN(c3ccc(C(=O)N4CCCC(O)C4)cn3)CC1)c(-c1ccccc1)n2C. The molecule has 2 aliphatic rings. The molecule has 206 valence electrons. The molecule has 0 radical (unpaired) electrons. The number of hydrogen-bond acceptors (Lipinski definition) is 5. The first-order chi connectivity index (χ1) is 19.4. The van der Waals surface area contributed by atoms with Crippen molar-refractivity contribution in [2.24, 2.45) is 7.05 Å². The van der Waals surface area contributed by atoms with E-state index in [0.717, 1.165) is 51.9 Å². The minimum absolute atomic E-state index is 0.0484. The summed E-state index contributed by atoms with van der Waals surface area (Å²) in [5, 5.41) is 10.9. The second-order valence-corrected chi connectivity index (χ2v) is 10.9. The van der Waals surface area contributed by atoms with Gasteiger partial charge in [-0.15, -0.1) is 0 Å². The van der Waals surface area contributed by atoms with Gasteiger partial charge in [0, 0.05) is 63.4 Å². The van der Waals surface area contributed by atoms with Crippen LogP contribution < -0.4 is 4.90 Å². The van der Waals surface area contributed by atoms with Crippen molar-refractivity contribution in [3.63, 3.8) is 0 Å². The molecule has 2 saturated heterocycles. The lowest BCUT2D eigenvalue weighted by Gasteiger charge is -2.35. The summed E-state index contributed by atoms with van der Waals surface area (Å²) >= 11 is 0. The highest BCUT2D eigenvalue weighted by Gasteiger charge is 2.29. The van der Waals surface area contributed by atoms with Gasteiger partial charge in [0.05, 0.1) is 22.9 Å². The molecule has 8 nitrogen and oxygen atoms in total. The summed E-state index contributed by atoms with van der Waals surface area (Å²) in [6, 6.07) is 20.1. The van der Waals surface area contributed by atoms with Crippen LogP contribution >= 0.6 is 0 Å². The number of likely N-dealkylation sites (tertiary alicyclic amines) is 1. The van der Waals surface area contributed by atoms with Crippen molar-refractivity contribution in [2.45, 2.75) is 25.9 Å². The predicted molar refractivity (Wildman–Crippen MR) is 157 cm³/mol. The first-order valence-electron chi connectivity index (χ1n) is 14.0. The number of aliphatic hydroxyl groups excluding tert-OH is 1. The smallest absolute Gasteiger partial charge is 0.256 e. The number of nitrogens with zero attached hydrogens (tertiary/aromatic N) is 5. The van der Waals surface area contributed by atoms with Gasteiger partial charge in [-0.25, -0.2) is 4.98 Å². The average Bonchev–Trinajstić information content (AvgIpc) is 3.28. The molecule has 0 bridgehead atoms. The lowest BCUT2D eigenvalue weighted by molar-refractivity contribution is 0.0473. The van der Waals surface area contributed by atoms with E-state index < -0.39 is 6.10 Å². The van der Waals surface area contributed by atoms with Gasteiger partial charge in [0.1, 0.15) is 5.82 Å². The number of piperidine rings is 1. The number of aromatic nitrogens is 2. The molecular weight excluding hydrogens is 502 g/mol. The third-order valence-corrected chi connectivity index (χ3v) is 8.19. The number of β-amino-alcohol motifs (C(OH)–C–C–N with tert-alkyl or cyclic N) is 1. The van der Waals surface area contributed by atoms with Crippen LogP contribution in [0.4, 0.5) is 5.82 Å². The van der Waals surface area contributed by atoms with Gasteiger partial charge in [-0.2, -0.15) is 0 Å². The molecule has 2 aliphatic heterocycles. The largest absolute Gasteiger partial charge is 0.391 e. The number of rotatable bonds is 4. The quantitative estimate of drug-likeness (QED) is 0.424. The molecule has 4 aromatic rings. The Hall–Kier alpha value is -4.17. The van der Waals surface area contributed by atoms with Gasteiger partial charge in [0.15, 0.2) is 0 Å². The molecule has 2 amide bonds. The number of carbonyl (C=O) groups is 2. The van der Waals surface area contributed by atoms with Crippen LogP contribution in [-0.2, 0) is 7.05 Å². The zero-order valence-corrected chi connectivity index (χ0v) is 23.1. The Morgan fingerprint density at radius 2 is 1.68 bits per heavy atom. The van der Waals surface area contributed by atoms with Crippen molar-refractivity contribution < 1.29 is 14.7 Å². The van der Waals surface area contributed by atoms with Crippen LogP contribution in [0, 0.1) is 6.92 Å². The Bertz CT molecular complexity index is 1540. The monoisotopic (exact) mass is 537 g/mol.